The van der Waals surface area contributed by atoms with Crippen molar-refractivity contribution in [3.05, 3.63) is 0 Å². The summed E-state index contributed by atoms with van der Waals surface area (Å²) in [5.74, 6) is -0.395. The summed E-state index contributed by atoms with van der Waals surface area (Å²) in [4.78, 5) is 11.1. The van der Waals surface area contributed by atoms with Crippen molar-refractivity contribution in [2.75, 3.05) is 12.3 Å². The second-order valence-electron chi connectivity index (χ2n) is 6.34. The van der Waals surface area contributed by atoms with Gasteiger partial charge in [-0.15, -0.1) is 5.10 Å². The minimum atomic E-state index is -0.821. The van der Waals surface area contributed by atoms with Gasteiger partial charge in [0.1, 0.15) is 0 Å². The Morgan fingerprint density at radius 2 is 2.00 bits per heavy atom. The van der Waals surface area contributed by atoms with E-state index in [1.165, 1.54) is 11.8 Å². The maximum absolute atomic E-state index is 11.1. The van der Waals surface area contributed by atoms with Crippen LogP contribution in [0.3, 0.4) is 0 Å². The smallest absolute Gasteiger partial charge is 0.309 e. The first-order valence-corrected chi connectivity index (χ1v) is 7.48. The summed E-state index contributed by atoms with van der Waals surface area (Å²) in [6, 6.07) is 0. The highest BCUT2D eigenvalue weighted by atomic mass is 32.2. The number of tetrazole rings is 1. The summed E-state index contributed by atoms with van der Waals surface area (Å²) in [6.07, 6.45) is 0. The second kappa shape index (κ2) is 6.53. The van der Waals surface area contributed by atoms with Gasteiger partial charge in [-0.05, 0) is 45.0 Å². The zero-order valence-electron chi connectivity index (χ0n) is 12.7. The van der Waals surface area contributed by atoms with E-state index >= 15 is 0 Å². The molecule has 0 aliphatic carbocycles. The second-order valence-corrected chi connectivity index (χ2v) is 7.28. The van der Waals surface area contributed by atoms with Crippen molar-refractivity contribution >= 4 is 17.7 Å². The van der Waals surface area contributed by atoms with Gasteiger partial charge in [0.2, 0.25) is 5.16 Å². The van der Waals surface area contributed by atoms with Crippen LogP contribution in [0.25, 0.3) is 0 Å². The van der Waals surface area contributed by atoms with Crippen molar-refractivity contribution in [3.63, 3.8) is 0 Å². The lowest BCUT2D eigenvalue weighted by Crippen LogP contribution is -2.38. The molecule has 0 radical (unpaired) electrons. The lowest BCUT2D eigenvalue weighted by atomic mass is 9.97. The molecule has 2 N–H and O–H groups in total. The molecule has 0 spiro atoms. The monoisotopic (exact) mass is 301 g/mol. The van der Waals surface area contributed by atoms with E-state index in [4.69, 9.17) is 5.11 Å². The number of carboxylic acids is 1. The minimum Gasteiger partial charge on any atom is -0.481 e. The van der Waals surface area contributed by atoms with Crippen LogP contribution in [0, 0.1) is 5.41 Å². The Balaban J connectivity index is 2.53. The number of aliphatic carboxylic acids is 1. The Morgan fingerprint density at radius 3 is 2.55 bits per heavy atom. The van der Waals surface area contributed by atoms with E-state index in [0.717, 1.165) is 6.54 Å². The van der Waals surface area contributed by atoms with Crippen LogP contribution in [0.1, 0.15) is 34.6 Å². The van der Waals surface area contributed by atoms with E-state index in [1.807, 2.05) is 0 Å². The molecule has 0 bridgehead atoms. The molecule has 8 heteroatoms. The van der Waals surface area contributed by atoms with Crippen LogP contribution in [-0.2, 0) is 11.3 Å². The van der Waals surface area contributed by atoms with Crippen molar-refractivity contribution < 1.29 is 9.90 Å². The van der Waals surface area contributed by atoms with Gasteiger partial charge in [0.15, 0.2) is 0 Å². The van der Waals surface area contributed by atoms with Gasteiger partial charge >= 0.3 is 5.97 Å². The van der Waals surface area contributed by atoms with Crippen molar-refractivity contribution in [2.45, 2.75) is 51.9 Å². The molecule has 0 amide bonds. The predicted molar refractivity (Wildman–Crippen MR) is 77.7 cm³/mol. The third-order valence-electron chi connectivity index (χ3n) is 2.62. The molecule has 1 aromatic heterocycles. The van der Waals surface area contributed by atoms with Gasteiger partial charge in [0.05, 0.1) is 12.0 Å². The standard InChI is InChI=1S/C12H23N5O2S/c1-11(2,3)13-6-7-17-10(14-15-16-17)20-8-12(4,5)9(18)19/h13H,6-8H2,1-5H3,(H,18,19). The van der Waals surface area contributed by atoms with E-state index < -0.39 is 11.4 Å². The maximum atomic E-state index is 11.1. The predicted octanol–water partition coefficient (Wildman–Crippen LogP) is 1.26. The molecule has 1 aromatic rings. The summed E-state index contributed by atoms with van der Waals surface area (Å²) < 4.78 is 1.70. The molecular formula is C12H23N5O2S. The van der Waals surface area contributed by atoms with E-state index in [1.54, 1.807) is 18.5 Å². The third kappa shape index (κ3) is 5.46. The molecule has 0 fully saturated rings. The molecule has 0 saturated heterocycles. The molecule has 0 unspecified atom stereocenters. The van der Waals surface area contributed by atoms with Crippen LogP contribution in [0.4, 0.5) is 0 Å². The summed E-state index contributed by atoms with van der Waals surface area (Å²) in [6.45, 7) is 11.1. The Hall–Kier alpha value is -1.15. The number of aromatic nitrogens is 4. The fraction of sp³-hybridized carbons (Fsp3) is 0.833. The summed E-state index contributed by atoms with van der Waals surface area (Å²) in [5, 5.41) is 24.6. The van der Waals surface area contributed by atoms with Gasteiger partial charge in [-0.2, -0.15) is 0 Å². The van der Waals surface area contributed by atoms with Crippen LogP contribution in [0.15, 0.2) is 5.16 Å². The first-order chi connectivity index (χ1) is 9.12. The largest absolute Gasteiger partial charge is 0.481 e. The van der Waals surface area contributed by atoms with E-state index in [-0.39, 0.29) is 5.54 Å². The summed E-state index contributed by atoms with van der Waals surface area (Å²) in [7, 11) is 0. The van der Waals surface area contributed by atoms with Gasteiger partial charge in [-0.25, -0.2) is 4.68 Å². The normalized spacial score (nSPS) is 12.7. The number of hydrogen-bond donors (Lipinski definition) is 2. The van der Waals surface area contributed by atoms with Gasteiger partial charge < -0.3 is 10.4 Å². The van der Waals surface area contributed by atoms with Crippen molar-refractivity contribution in [1.82, 2.24) is 25.5 Å². The van der Waals surface area contributed by atoms with Crippen LogP contribution < -0.4 is 5.32 Å². The number of rotatable bonds is 7. The molecule has 0 aliphatic rings. The van der Waals surface area contributed by atoms with Crippen molar-refractivity contribution in [2.24, 2.45) is 5.41 Å². The fourth-order valence-electron chi connectivity index (χ4n) is 1.28. The number of carboxylic acid groups (broad SMARTS) is 1. The van der Waals surface area contributed by atoms with E-state index in [0.29, 0.717) is 17.5 Å². The van der Waals surface area contributed by atoms with Gasteiger partial charge in [0.25, 0.3) is 0 Å². The maximum Gasteiger partial charge on any atom is 0.309 e. The fourth-order valence-corrected chi connectivity index (χ4v) is 2.27. The molecule has 0 saturated carbocycles. The molecule has 0 aliphatic heterocycles. The molecule has 114 valence electrons. The Labute approximate surface area is 123 Å². The summed E-state index contributed by atoms with van der Waals surface area (Å²) in [5.41, 5.74) is -0.752. The SMILES string of the molecule is CC(C)(C)NCCn1nnnc1SCC(C)(C)C(=O)O. The topological polar surface area (TPSA) is 92.9 Å². The zero-order chi connectivity index (χ0) is 15.4. The zero-order valence-corrected chi connectivity index (χ0v) is 13.5. The lowest BCUT2D eigenvalue weighted by Gasteiger charge is -2.20. The molecular weight excluding hydrogens is 278 g/mol. The number of carbonyl (C=O) groups is 1. The number of nitrogens with one attached hydrogen (secondary N) is 1. The molecule has 1 heterocycles. The highest BCUT2D eigenvalue weighted by Gasteiger charge is 2.28. The lowest BCUT2D eigenvalue weighted by molar-refractivity contribution is -0.145. The van der Waals surface area contributed by atoms with Crippen LogP contribution >= 0.6 is 11.8 Å². The van der Waals surface area contributed by atoms with Crippen LogP contribution in [-0.4, -0.2) is 49.1 Å². The number of nitrogens with zero attached hydrogens (tertiary/aromatic N) is 4. The molecule has 7 nitrogen and oxygen atoms in total. The number of hydrogen-bond acceptors (Lipinski definition) is 6. The Morgan fingerprint density at radius 1 is 1.35 bits per heavy atom. The highest BCUT2D eigenvalue weighted by molar-refractivity contribution is 7.99. The molecule has 1 rings (SSSR count). The average molecular weight is 301 g/mol. The molecule has 0 atom stereocenters. The van der Waals surface area contributed by atoms with E-state index in [2.05, 4.69) is 41.6 Å². The summed E-state index contributed by atoms with van der Waals surface area (Å²) >= 11 is 1.37. The van der Waals surface area contributed by atoms with E-state index in [9.17, 15) is 4.79 Å². The van der Waals surface area contributed by atoms with Crippen LogP contribution in [0.5, 0.6) is 0 Å². The quantitative estimate of drug-likeness (QED) is 0.732. The van der Waals surface area contributed by atoms with Crippen molar-refractivity contribution in [1.29, 1.82) is 0 Å². The molecule has 0 aromatic carbocycles. The first kappa shape index (κ1) is 16.9. The minimum absolute atomic E-state index is 0.0482. The highest BCUT2D eigenvalue weighted by Crippen LogP contribution is 2.26. The average Bonchev–Trinajstić information content (AvgIpc) is 2.72. The van der Waals surface area contributed by atoms with Gasteiger partial charge in [0, 0.05) is 17.8 Å². The van der Waals surface area contributed by atoms with Crippen LogP contribution in [0.2, 0.25) is 0 Å². The first-order valence-electron chi connectivity index (χ1n) is 6.49. The van der Waals surface area contributed by atoms with Gasteiger partial charge in [-0.1, -0.05) is 11.8 Å². The number of thioether (sulfide) groups is 1. The third-order valence-corrected chi connectivity index (χ3v) is 4.04. The Kier molecular flexibility index (Phi) is 5.52. The Bertz CT molecular complexity index is 453. The molecule has 20 heavy (non-hydrogen) atoms. The van der Waals surface area contributed by atoms with Gasteiger partial charge in [-0.3, -0.25) is 4.79 Å². The van der Waals surface area contributed by atoms with Crippen molar-refractivity contribution in [3.8, 4) is 0 Å².